The molecule has 0 fully saturated rings. The molecule has 1 nitrogen and oxygen atoms in total. The van der Waals surface area contributed by atoms with Gasteiger partial charge in [-0.15, -0.1) is 6.58 Å². The van der Waals surface area contributed by atoms with E-state index < -0.39 is 0 Å². The van der Waals surface area contributed by atoms with Gasteiger partial charge in [0.15, 0.2) is 0 Å². The van der Waals surface area contributed by atoms with E-state index in [9.17, 15) is 4.79 Å². The van der Waals surface area contributed by atoms with Crippen LogP contribution in [0.2, 0.25) is 0 Å². The van der Waals surface area contributed by atoms with Gasteiger partial charge >= 0.3 is 0 Å². The summed E-state index contributed by atoms with van der Waals surface area (Å²) < 4.78 is 0. The van der Waals surface area contributed by atoms with Crippen LogP contribution in [0.4, 0.5) is 0 Å². The quantitative estimate of drug-likeness (QED) is 0.606. The van der Waals surface area contributed by atoms with Crippen molar-refractivity contribution in [1.29, 1.82) is 0 Å². The van der Waals surface area contributed by atoms with E-state index in [4.69, 9.17) is 0 Å². The van der Waals surface area contributed by atoms with Crippen molar-refractivity contribution >= 4 is 5.78 Å². The highest BCUT2D eigenvalue weighted by atomic mass is 16.1. The van der Waals surface area contributed by atoms with Gasteiger partial charge in [0, 0.05) is 11.8 Å². The maximum absolute atomic E-state index is 11.7. The third kappa shape index (κ3) is 2.30. The van der Waals surface area contributed by atoms with Crippen LogP contribution in [0.1, 0.15) is 39.5 Å². The van der Waals surface area contributed by atoms with Crippen LogP contribution >= 0.6 is 0 Å². The molecule has 1 aliphatic carbocycles. The van der Waals surface area contributed by atoms with Gasteiger partial charge in [0.05, 0.1) is 0 Å². The molecule has 0 aromatic rings. The van der Waals surface area contributed by atoms with Crippen molar-refractivity contribution < 1.29 is 4.79 Å². The second kappa shape index (κ2) is 3.91. The van der Waals surface area contributed by atoms with Gasteiger partial charge in [0.25, 0.3) is 0 Å². The first kappa shape index (κ1) is 10.2. The Kier molecular flexibility index (Phi) is 3.07. The van der Waals surface area contributed by atoms with E-state index in [0.29, 0.717) is 12.2 Å². The lowest BCUT2D eigenvalue weighted by Gasteiger charge is -2.30. The van der Waals surface area contributed by atoms with Crippen molar-refractivity contribution in [2.24, 2.45) is 5.41 Å². The van der Waals surface area contributed by atoms with E-state index in [1.165, 1.54) is 5.57 Å². The molecule has 1 aliphatic rings. The molecule has 0 spiro atoms. The molecule has 1 unspecified atom stereocenters. The van der Waals surface area contributed by atoms with Crippen LogP contribution in [-0.4, -0.2) is 5.78 Å². The number of rotatable bonds is 3. The molecular weight excluding hydrogens is 160 g/mol. The van der Waals surface area contributed by atoms with Gasteiger partial charge in [-0.1, -0.05) is 24.6 Å². The van der Waals surface area contributed by atoms with Crippen LogP contribution in [0.5, 0.6) is 0 Å². The lowest BCUT2D eigenvalue weighted by molar-refractivity contribution is -0.127. The molecule has 0 heterocycles. The summed E-state index contributed by atoms with van der Waals surface area (Å²) in [5.74, 6) is 0.339. The van der Waals surface area contributed by atoms with Crippen molar-refractivity contribution in [2.45, 2.75) is 39.5 Å². The van der Waals surface area contributed by atoms with Gasteiger partial charge in [-0.2, -0.15) is 0 Å². The first-order valence-corrected chi connectivity index (χ1v) is 4.88. The largest absolute Gasteiger partial charge is 0.299 e. The summed E-state index contributed by atoms with van der Waals surface area (Å²) in [5, 5.41) is 0. The number of carbonyl (C=O) groups excluding carboxylic acids is 1. The normalized spacial score (nSPS) is 28.0. The van der Waals surface area contributed by atoms with Gasteiger partial charge in [-0.25, -0.2) is 0 Å². The third-order valence-corrected chi connectivity index (χ3v) is 2.98. The van der Waals surface area contributed by atoms with Gasteiger partial charge in [-0.3, -0.25) is 4.79 Å². The average molecular weight is 178 g/mol. The van der Waals surface area contributed by atoms with E-state index in [0.717, 1.165) is 19.3 Å². The summed E-state index contributed by atoms with van der Waals surface area (Å²) in [7, 11) is 0. The zero-order valence-corrected chi connectivity index (χ0v) is 8.60. The van der Waals surface area contributed by atoms with Crippen molar-refractivity contribution in [3.05, 3.63) is 24.3 Å². The first-order chi connectivity index (χ1) is 6.08. The molecule has 13 heavy (non-hydrogen) atoms. The van der Waals surface area contributed by atoms with Crippen LogP contribution in [-0.2, 0) is 4.79 Å². The Hall–Kier alpha value is -0.850. The molecule has 0 saturated carbocycles. The maximum atomic E-state index is 11.7. The fourth-order valence-electron chi connectivity index (χ4n) is 1.71. The Labute approximate surface area is 80.5 Å². The summed E-state index contributed by atoms with van der Waals surface area (Å²) in [5.41, 5.74) is 1.30. The summed E-state index contributed by atoms with van der Waals surface area (Å²) in [4.78, 5) is 11.7. The highest BCUT2D eigenvalue weighted by molar-refractivity contribution is 5.86. The highest BCUT2D eigenvalue weighted by Crippen LogP contribution is 2.36. The lowest BCUT2D eigenvalue weighted by atomic mass is 9.73. The number of hydrogen-bond donors (Lipinski definition) is 0. The van der Waals surface area contributed by atoms with Crippen molar-refractivity contribution in [3.63, 3.8) is 0 Å². The summed E-state index contributed by atoms with van der Waals surface area (Å²) in [6.07, 6.45) is 7.40. The van der Waals surface area contributed by atoms with E-state index in [1.54, 1.807) is 6.08 Å². The van der Waals surface area contributed by atoms with E-state index in [2.05, 4.69) is 26.5 Å². The molecule has 0 aromatic heterocycles. The molecule has 0 saturated heterocycles. The summed E-state index contributed by atoms with van der Waals surface area (Å²) in [6.45, 7) is 7.81. The number of hydrogen-bond acceptors (Lipinski definition) is 1. The van der Waals surface area contributed by atoms with E-state index in [-0.39, 0.29) is 5.41 Å². The summed E-state index contributed by atoms with van der Waals surface area (Å²) >= 11 is 0. The predicted molar refractivity (Wildman–Crippen MR) is 55.5 cm³/mol. The number of allylic oxidation sites excluding steroid dienone is 3. The second-order valence-corrected chi connectivity index (χ2v) is 4.23. The van der Waals surface area contributed by atoms with Crippen LogP contribution in [0.25, 0.3) is 0 Å². The molecule has 0 aromatic carbocycles. The Morgan fingerprint density at radius 3 is 2.92 bits per heavy atom. The first-order valence-electron chi connectivity index (χ1n) is 4.88. The summed E-state index contributed by atoms with van der Waals surface area (Å²) in [6, 6.07) is 0. The molecule has 1 atom stereocenters. The predicted octanol–water partition coefficient (Wildman–Crippen LogP) is 3.27. The number of Topliss-reactive ketones (excluding diaryl/α,β-unsaturated/α-hetero) is 1. The van der Waals surface area contributed by atoms with Gasteiger partial charge in [-0.05, 0) is 26.2 Å². The smallest absolute Gasteiger partial charge is 0.142 e. The van der Waals surface area contributed by atoms with Gasteiger partial charge in [0.2, 0.25) is 0 Å². The van der Waals surface area contributed by atoms with Gasteiger partial charge in [0.1, 0.15) is 5.78 Å². The molecule has 0 radical (unpaired) electrons. The Morgan fingerprint density at radius 2 is 2.46 bits per heavy atom. The fraction of sp³-hybridized carbons (Fsp3) is 0.583. The van der Waals surface area contributed by atoms with Crippen molar-refractivity contribution in [1.82, 2.24) is 0 Å². The zero-order valence-electron chi connectivity index (χ0n) is 8.60. The topological polar surface area (TPSA) is 17.1 Å². The Morgan fingerprint density at radius 1 is 1.77 bits per heavy atom. The Balaban J connectivity index is 2.67. The standard InChI is InChI=1S/C12H18O/c1-4-5-11(13)12(3)8-6-10(2)7-9-12/h4,6H,1,5,7-9H2,2-3H3. The minimum Gasteiger partial charge on any atom is -0.299 e. The fourth-order valence-corrected chi connectivity index (χ4v) is 1.71. The molecule has 0 amide bonds. The molecule has 0 aliphatic heterocycles. The van der Waals surface area contributed by atoms with E-state index >= 15 is 0 Å². The molecule has 1 heteroatoms. The monoisotopic (exact) mass is 178 g/mol. The SMILES string of the molecule is C=CCC(=O)C1(C)CC=C(C)CC1. The second-order valence-electron chi connectivity index (χ2n) is 4.23. The maximum Gasteiger partial charge on any atom is 0.142 e. The zero-order chi connectivity index (χ0) is 9.90. The van der Waals surface area contributed by atoms with E-state index in [1.807, 2.05) is 0 Å². The minimum atomic E-state index is -0.117. The number of carbonyl (C=O) groups is 1. The van der Waals surface area contributed by atoms with Crippen LogP contribution in [0, 0.1) is 5.41 Å². The average Bonchev–Trinajstić information content (AvgIpc) is 2.11. The van der Waals surface area contributed by atoms with Crippen molar-refractivity contribution in [2.75, 3.05) is 0 Å². The van der Waals surface area contributed by atoms with Crippen LogP contribution in [0.15, 0.2) is 24.3 Å². The molecule has 0 N–H and O–H groups in total. The minimum absolute atomic E-state index is 0.117. The Bertz CT molecular complexity index is 250. The highest BCUT2D eigenvalue weighted by Gasteiger charge is 2.32. The van der Waals surface area contributed by atoms with Crippen LogP contribution < -0.4 is 0 Å². The van der Waals surface area contributed by atoms with Crippen LogP contribution in [0.3, 0.4) is 0 Å². The molecule has 1 rings (SSSR count). The molecule has 0 bridgehead atoms. The van der Waals surface area contributed by atoms with Gasteiger partial charge < -0.3 is 0 Å². The van der Waals surface area contributed by atoms with Crippen molar-refractivity contribution in [3.8, 4) is 0 Å². The third-order valence-electron chi connectivity index (χ3n) is 2.98. The molecular formula is C12H18O. The lowest BCUT2D eigenvalue weighted by Crippen LogP contribution is -2.28. The number of ketones is 1. The molecule has 72 valence electrons.